The molecule has 1 fully saturated rings. The van der Waals surface area contributed by atoms with Gasteiger partial charge in [0.1, 0.15) is 0 Å². The van der Waals surface area contributed by atoms with Crippen LogP contribution in [0.25, 0.3) is 0 Å². The van der Waals surface area contributed by atoms with Crippen LogP contribution in [0.4, 0.5) is 5.69 Å². The third-order valence-electron chi connectivity index (χ3n) is 3.79. The number of ketones is 1. The summed E-state index contributed by atoms with van der Waals surface area (Å²) in [5.74, 6) is -0.912. The lowest BCUT2D eigenvalue weighted by Crippen LogP contribution is -2.30. The zero-order chi connectivity index (χ0) is 15.4. The number of benzene rings is 1. The molecule has 6 heteroatoms. The van der Waals surface area contributed by atoms with Crippen molar-refractivity contribution in [1.29, 1.82) is 0 Å². The molecule has 5 nitrogen and oxygen atoms in total. The molecule has 0 radical (unpaired) electrons. The van der Waals surface area contributed by atoms with Crippen molar-refractivity contribution in [2.45, 2.75) is 27.2 Å². The first-order chi connectivity index (χ1) is 10.1. The van der Waals surface area contributed by atoms with E-state index in [4.69, 9.17) is 4.74 Å². The van der Waals surface area contributed by atoms with Crippen molar-refractivity contribution in [2.75, 3.05) is 31.6 Å². The van der Waals surface area contributed by atoms with Crippen LogP contribution in [0, 0.1) is 13.8 Å². The topological polar surface area (TPSA) is 67.4 Å². The van der Waals surface area contributed by atoms with Crippen LogP contribution in [0.2, 0.25) is 0 Å². The van der Waals surface area contributed by atoms with Crippen LogP contribution in [0.3, 0.4) is 0 Å². The Morgan fingerprint density at radius 1 is 1.18 bits per heavy atom. The Bertz CT molecular complexity index is 557. The highest BCUT2D eigenvalue weighted by Gasteiger charge is 2.31. The van der Waals surface area contributed by atoms with Crippen LogP contribution >= 0.6 is 12.4 Å². The maximum atomic E-state index is 11.6. The molecule has 1 amide bonds. The molecule has 22 heavy (non-hydrogen) atoms. The monoisotopic (exact) mass is 326 g/mol. The number of amides is 1. The average molecular weight is 327 g/mol. The van der Waals surface area contributed by atoms with E-state index in [0.717, 1.165) is 49.4 Å². The summed E-state index contributed by atoms with van der Waals surface area (Å²) in [6.45, 7) is 9.69. The van der Waals surface area contributed by atoms with E-state index in [1.807, 2.05) is 26.8 Å². The van der Waals surface area contributed by atoms with E-state index < -0.39 is 11.7 Å². The number of carbonyl (C=O) groups is 2. The summed E-state index contributed by atoms with van der Waals surface area (Å²) in [6.07, 6.45) is 0.876. The third kappa shape index (κ3) is 3.85. The molecule has 0 atom stereocenters. The first kappa shape index (κ1) is 18.6. The molecule has 1 aromatic rings. The summed E-state index contributed by atoms with van der Waals surface area (Å²) >= 11 is 0. The number of fused-ring (bicyclic) bond motifs is 1. The largest absolute Gasteiger partial charge is 0.379 e. The molecule has 2 N–H and O–H groups in total. The Balaban J connectivity index is 0.000000293. The highest BCUT2D eigenvalue weighted by atomic mass is 35.5. The summed E-state index contributed by atoms with van der Waals surface area (Å²) in [6, 6.07) is 2.03. The minimum absolute atomic E-state index is 0. The Kier molecular flexibility index (Phi) is 7.00. The van der Waals surface area contributed by atoms with Gasteiger partial charge in [-0.25, -0.2) is 0 Å². The zero-order valence-electron chi connectivity index (χ0n) is 13.2. The van der Waals surface area contributed by atoms with E-state index in [2.05, 4.69) is 10.6 Å². The lowest BCUT2D eigenvalue weighted by atomic mass is 9.95. The number of nitrogens with one attached hydrogen (secondary N) is 2. The number of rotatable bonds is 1. The summed E-state index contributed by atoms with van der Waals surface area (Å²) in [5.41, 5.74) is 4.29. The number of hydrogen-bond donors (Lipinski definition) is 2. The lowest BCUT2D eigenvalue weighted by molar-refractivity contribution is -0.112. The number of anilines is 1. The van der Waals surface area contributed by atoms with Gasteiger partial charge in [0, 0.05) is 13.1 Å². The SMILES string of the molecule is C1COCCN1.CCc1cc(C)c2c(c1C)C(=O)C(=O)N2.Cl. The molecule has 122 valence electrons. The summed E-state index contributed by atoms with van der Waals surface area (Å²) < 4.78 is 5.01. The van der Waals surface area contributed by atoms with Crippen LogP contribution in [0.5, 0.6) is 0 Å². The zero-order valence-corrected chi connectivity index (χ0v) is 14.1. The fourth-order valence-electron chi connectivity index (χ4n) is 2.60. The van der Waals surface area contributed by atoms with Crippen molar-refractivity contribution in [2.24, 2.45) is 0 Å². The normalized spacial score (nSPS) is 16.1. The fourth-order valence-corrected chi connectivity index (χ4v) is 2.60. The number of morpholine rings is 1. The molecule has 2 aliphatic rings. The lowest BCUT2D eigenvalue weighted by Gasteiger charge is -2.10. The molecule has 1 aromatic carbocycles. The molecular formula is C16H23ClN2O3. The number of halogens is 1. The molecule has 3 rings (SSSR count). The fraction of sp³-hybridized carbons (Fsp3) is 0.500. The van der Waals surface area contributed by atoms with Gasteiger partial charge in [0.25, 0.3) is 11.7 Å². The molecule has 0 spiro atoms. The van der Waals surface area contributed by atoms with Gasteiger partial charge >= 0.3 is 0 Å². The molecular weight excluding hydrogens is 304 g/mol. The number of hydrogen-bond acceptors (Lipinski definition) is 4. The third-order valence-corrected chi connectivity index (χ3v) is 3.79. The molecule has 2 heterocycles. The number of aryl methyl sites for hydroxylation is 2. The minimum atomic E-state index is -0.510. The molecule has 0 aliphatic carbocycles. The van der Waals surface area contributed by atoms with Gasteiger partial charge in [0.05, 0.1) is 24.5 Å². The first-order valence-corrected chi connectivity index (χ1v) is 7.33. The van der Waals surface area contributed by atoms with Crippen molar-refractivity contribution >= 4 is 29.8 Å². The molecule has 2 aliphatic heterocycles. The minimum Gasteiger partial charge on any atom is -0.379 e. The van der Waals surface area contributed by atoms with Gasteiger partial charge in [-0.2, -0.15) is 0 Å². The molecule has 0 saturated carbocycles. The standard InChI is InChI=1S/C12H13NO2.C4H9NO.ClH/c1-4-8-5-6(2)10-9(7(8)3)11(14)12(15)13-10;1-3-6-4-2-5-1;/h5H,4H2,1-3H3,(H,13,14,15);5H,1-4H2;1H. The highest BCUT2D eigenvalue weighted by molar-refractivity contribution is 6.52. The van der Waals surface area contributed by atoms with Crippen molar-refractivity contribution in [3.63, 3.8) is 0 Å². The van der Waals surface area contributed by atoms with E-state index in [-0.39, 0.29) is 12.4 Å². The van der Waals surface area contributed by atoms with E-state index in [1.54, 1.807) is 0 Å². The van der Waals surface area contributed by atoms with E-state index >= 15 is 0 Å². The molecule has 0 unspecified atom stereocenters. The Hall–Kier alpha value is -1.43. The van der Waals surface area contributed by atoms with Crippen LogP contribution in [-0.2, 0) is 16.0 Å². The van der Waals surface area contributed by atoms with Crippen LogP contribution in [-0.4, -0.2) is 38.0 Å². The second kappa shape index (κ2) is 8.27. The van der Waals surface area contributed by atoms with E-state index in [1.165, 1.54) is 0 Å². The Morgan fingerprint density at radius 2 is 1.82 bits per heavy atom. The molecule has 0 bridgehead atoms. The van der Waals surface area contributed by atoms with Gasteiger partial charge < -0.3 is 15.4 Å². The van der Waals surface area contributed by atoms with Gasteiger partial charge in [-0.1, -0.05) is 13.0 Å². The number of ether oxygens (including phenoxy) is 1. The summed E-state index contributed by atoms with van der Waals surface area (Å²) in [7, 11) is 0. The van der Waals surface area contributed by atoms with E-state index in [0.29, 0.717) is 11.3 Å². The predicted molar refractivity (Wildman–Crippen MR) is 89.2 cm³/mol. The predicted octanol–water partition coefficient (Wildman–Crippen LogP) is 2.03. The highest BCUT2D eigenvalue weighted by Crippen LogP contribution is 2.32. The van der Waals surface area contributed by atoms with Crippen LogP contribution < -0.4 is 10.6 Å². The Labute approximate surface area is 137 Å². The van der Waals surface area contributed by atoms with Gasteiger partial charge in [-0.15, -0.1) is 12.4 Å². The van der Waals surface area contributed by atoms with Crippen LogP contribution in [0.15, 0.2) is 6.07 Å². The van der Waals surface area contributed by atoms with Crippen LogP contribution in [0.1, 0.15) is 34.0 Å². The van der Waals surface area contributed by atoms with Crippen molar-refractivity contribution in [1.82, 2.24) is 5.32 Å². The Morgan fingerprint density at radius 3 is 2.27 bits per heavy atom. The molecule has 0 aromatic heterocycles. The second-order valence-corrected chi connectivity index (χ2v) is 5.23. The maximum Gasteiger partial charge on any atom is 0.296 e. The number of carbonyl (C=O) groups excluding carboxylic acids is 2. The van der Waals surface area contributed by atoms with Crippen molar-refractivity contribution in [3.8, 4) is 0 Å². The number of Topliss-reactive ketones (excluding diaryl/α,β-unsaturated/α-hetero) is 1. The summed E-state index contributed by atoms with van der Waals surface area (Å²) in [5, 5.41) is 5.78. The first-order valence-electron chi connectivity index (χ1n) is 7.33. The maximum absolute atomic E-state index is 11.6. The van der Waals surface area contributed by atoms with Gasteiger partial charge in [-0.3, -0.25) is 9.59 Å². The van der Waals surface area contributed by atoms with Gasteiger partial charge in [-0.05, 0) is 37.0 Å². The smallest absolute Gasteiger partial charge is 0.296 e. The second-order valence-electron chi connectivity index (χ2n) is 5.23. The van der Waals surface area contributed by atoms with E-state index in [9.17, 15) is 9.59 Å². The quantitative estimate of drug-likeness (QED) is 0.775. The van der Waals surface area contributed by atoms with Gasteiger partial charge in [0.15, 0.2) is 0 Å². The molecule has 1 saturated heterocycles. The van der Waals surface area contributed by atoms with Crippen molar-refractivity contribution in [3.05, 3.63) is 28.3 Å². The van der Waals surface area contributed by atoms with Crippen molar-refractivity contribution < 1.29 is 14.3 Å². The average Bonchev–Trinajstić information content (AvgIpc) is 2.82. The summed E-state index contributed by atoms with van der Waals surface area (Å²) in [4.78, 5) is 22.9. The van der Waals surface area contributed by atoms with Gasteiger partial charge in [0.2, 0.25) is 0 Å².